The first kappa shape index (κ1) is 21.2. The van der Waals surface area contributed by atoms with Gasteiger partial charge in [-0.2, -0.15) is 9.97 Å². The van der Waals surface area contributed by atoms with Gasteiger partial charge in [0, 0.05) is 44.6 Å². The third kappa shape index (κ3) is 4.36. The highest BCUT2D eigenvalue weighted by molar-refractivity contribution is 5.94. The minimum atomic E-state index is -0.0851. The number of carbonyl (C=O) groups is 1. The Bertz CT molecular complexity index is 1070. The molecule has 9 heteroatoms. The first-order valence-corrected chi connectivity index (χ1v) is 10.9. The molecular formula is C22H32N8O. The molecule has 0 bridgehead atoms. The highest BCUT2D eigenvalue weighted by Crippen LogP contribution is 2.29. The molecule has 0 spiro atoms. The van der Waals surface area contributed by atoms with Crippen molar-refractivity contribution in [2.75, 3.05) is 37.4 Å². The van der Waals surface area contributed by atoms with E-state index in [1.165, 1.54) is 0 Å². The molecule has 3 aromatic rings. The Morgan fingerprint density at radius 3 is 2.90 bits per heavy atom. The largest absolute Gasteiger partial charge is 0.354 e. The second-order valence-corrected chi connectivity index (χ2v) is 8.60. The van der Waals surface area contributed by atoms with Gasteiger partial charge in [-0.05, 0) is 46.0 Å². The molecular weight excluding hydrogens is 392 g/mol. The van der Waals surface area contributed by atoms with Crippen LogP contribution in [0.4, 0.5) is 17.5 Å². The number of aromatic nitrogens is 4. The van der Waals surface area contributed by atoms with Gasteiger partial charge in [-0.1, -0.05) is 6.92 Å². The number of aromatic amines is 1. The summed E-state index contributed by atoms with van der Waals surface area (Å²) < 4.78 is 1.82. The molecule has 1 aliphatic rings. The molecule has 4 heterocycles. The van der Waals surface area contributed by atoms with Crippen molar-refractivity contribution in [2.24, 2.45) is 7.05 Å². The standard InChI is InChI=1S/C22H32N8O/c1-6-14(2)24-21(31)18-11-15(12-29(18)5)25-22-26-19-17(7-9-23-19)20(27-22)30-10-8-16(13-30)28(3)4/h7,9,11-12,14,16H,6,8,10,13H2,1-5H3,(H,24,31)(H2,23,25,26,27)/t14?,16-/m1/s1. The lowest BCUT2D eigenvalue weighted by Gasteiger charge is -2.22. The molecule has 1 unspecified atom stereocenters. The van der Waals surface area contributed by atoms with Gasteiger partial charge in [-0.15, -0.1) is 0 Å². The minimum absolute atomic E-state index is 0.0851. The number of fused-ring (bicyclic) bond motifs is 1. The van der Waals surface area contributed by atoms with E-state index in [4.69, 9.17) is 4.98 Å². The van der Waals surface area contributed by atoms with Crippen LogP contribution in [0.1, 0.15) is 37.2 Å². The van der Waals surface area contributed by atoms with Crippen molar-refractivity contribution in [3.63, 3.8) is 0 Å². The quantitative estimate of drug-likeness (QED) is 0.540. The number of nitrogens with one attached hydrogen (secondary N) is 3. The maximum atomic E-state index is 12.5. The Morgan fingerprint density at radius 1 is 1.39 bits per heavy atom. The van der Waals surface area contributed by atoms with Crippen molar-refractivity contribution in [3.8, 4) is 0 Å². The molecule has 3 N–H and O–H groups in total. The number of hydrogen-bond donors (Lipinski definition) is 3. The average molecular weight is 425 g/mol. The smallest absolute Gasteiger partial charge is 0.268 e. The first-order chi connectivity index (χ1) is 14.9. The first-order valence-electron chi connectivity index (χ1n) is 10.9. The molecule has 4 rings (SSSR count). The zero-order valence-electron chi connectivity index (χ0n) is 18.9. The van der Waals surface area contributed by atoms with E-state index in [1.807, 2.05) is 43.1 Å². The lowest BCUT2D eigenvalue weighted by Crippen LogP contribution is -2.33. The normalized spacial score (nSPS) is 17.5. The van der Waals surface area contributed by atoms with E-state index in [2.05, 4.69) is 51.4 Å². The number of amides is 1. The van der Waals surface area contributed by atoms with E-state index in [0.717, 1.165) is 48.5 Å². The lowest BCUT2D eigenvalue weighted by molar-refractivity contribution is 0.0931. The SMILES string of the molecule is CCC(C)NC(=O)c1cc(Nc2nc(N3CC[C@@H](N(C)C)C3)c3cc[nH]c3n2)cn1C. The van der Waals surface area contributed by atoms with Crippen LogP contribution >= 0.6 is 0 Å². The van der Waals surface area contributed by atoms with Crippen molar-refractivity contribution in [1.82, 2.24) is 29.7 Å². The number of likely N-dealkylation sites (N-methyl/N-ethyl adjacent to an activating group) is 1. The molecule has 3 aromatic heterocycles. The molecule has 9 nitrogen and oxygen atoms in total. The van der Waals surface area contributed by atoms with Gasteiger partial charge in [0.2, 0.25) is 5.95 Å². The van der Waals surface area contributed by atoms with Crippen molar-refractivity contribution in [2.45, 2.75) is 38.8 Å². The Morgan fingerprint density at radius 2 is 2.19 bits per heavy atom. The third-order valence-corrected chi connectivity index (χ3v) is 6.07. The summed E-state index contributed by atoms with van der Waals surface area (Å²) in [5.41, 5.74) is 2.17. The van der Waals surface area contributed by atoms with Gasteiger partial charge in [0.15, 0.2) is 0 Å². The van der Waals surface area contributed by atoms with E-state index in [1.54, 1.807) is 0 Å². The number of nitrogens with zero attached hydrogens (tertiary/aromatic N) is 5. The van der Waals surface area contributed by atoms with Crippen LogP contribution in [0.2, 0.25) is 0 Å². The third-order valence-electron chi connectivity index (χ3n) is 6.07. The van der Waals surface area contributed by atoms with Gasteiger partial charge in [0.25, 0.3) is 5.91 Å². The molecule has 0 aliphatic carbocycles. The molecule has 1 fully saturated rings. The van der Waals surface area contributed by atoms with E-state index < -0.39 is 0 Å². The van der Waals surface area contributed by atoms with Crippen LogP contribution in [0.25, 0.3) is 11.0 Å². The van der Waals surface area contributed by atoms with E-state index in [0.29, 0.717) is 17.7 Å². The Labute approximate surface area is 182 Å². The van der Waals surface area contributed by atoms with Gasteiger partial charge in [0.05, 0.1) is 11.1 Å². The van der Waals surface area contributed by atoms with Crippen LogP contribution in [0.5, 0.6) is 0 Å². The number of H-pyrrole nitrogens is 1. The average Bonchev–Trinajstić information content (AvgIpc) is 3.46. The van der Waals surface area contributed by atoms with Crippen LogP contribution in [0, 0.1) is 0 Å². The summed E-state index contributed by atoms with van der Waals surface area (Å²) in [6.07, 6.45) is 5.77. The van der Waals surface area contributed by atoms with Crippen molar-refractivity contribution >= 4 is 34.4 Å². The molecule has 1 saturated heterocycles. The fraction of sp³-hybridized carbons (Fsp3) is 0.500. The number of rotatable bonds is 7. The number of hydrogen-bond acceptors (Lipinski definition) is 6. The molecule has 0 saturated carbocycles. The summed E-state index contributed by atoms with van der Waals surface area (Å²) >= 11 is 0. The molecule has 1 amide bonds. The summed E-state index contributed by atoms with van der Waals surface area (Å²) in [4.78, 5) is 29.8. The molecule has 31 heavy (non-hydrogen) atoms. The van der Waals surface area contributed by atoms with Crippen LogP contribution in [0.3, 0.4) is 0 Å². The monoisotopic (exact) mass is 424 g/mol. The van der Waals surface area contributed by atoms with Crippen molar-refractivity contribution in [3.05, 3.63) is 30.2 Å². The highest BCUT2D eigenvalue weighted by atomic mass is 16.2. The fourth-order valence-electron chi connectivity index (χ4n) is 3.97. The predicted molar refractivity (Wildman–Crippen MR) is 124 cm³/mol. The van der Waals surface area contributed by atoms with Crippen molar-refractivity contribution < 1.29 is 4.79 Å². The highest BCUT2D eigenvalue weighted by Gasteiger charge is 2.27. The molecule has 166 valence electrons. The Hall–Kier alpha value is -3.07. The zero-order chi connectivity index (χ0) is 22.1. The summed E-state index contributed by atoms with van der Waals surface area (Å²) in [5.74, 6) is 1.36. The predicted octanol–water partition coefficient (Wildman–Crippen LogP) is 2.71. The van der Waals surface area contributed by atoms with Gasteiger partial charge in [0.1, 0.15) is 17.2 Å². The lowest BCUT2D eigenvalue weighted by atomic mass is 10.2. The van der Waals surface area contributed by atoms with Gasteiger partial charge >= 0.3 is 0 Å². The number of carbonyl (C=O) groups excluding carboxylic acids is 1. The van der Waals surface area contributed by atoms with Crippen LogP contribution in [-0.2, 0) is 7.05 Å². The molecule has 1 aliphatic heterocycles. The molecule has 2 atom stereocenters. The van der Waals surface area contributed by atoms with E-state index >= 15 is 0 Å². The second-order valence-electron chi connectivity index (χ2n) is 8.60. The maximum Gasteiger partial charge on any atom is 0.268 e. The van der Waals surface area contributed by atoms with Crippen LogP contribution in [0.15, 0.2) is 24.5 Å². The number of anilines is 3. The Kier molecular flexibility index (Phi) is 5.86. The topological polar surface area (TPSA) is 94.1 Å². The summed E-state index contributed by atoms with van der Waals surface area (Å²) in [6.45, 7) is 5.95. The van der Waals surface area contributed by atoms with E-state index in [-0.39, 0.29) is 11.9 Å². The zero-order valence-corrected chi connectivity index (χ0v) is 18.9. The minimum Gasteiger partial charge on any atom is -0.354 e. The van der Waals surface area contributed by atoms with Crippen LogP contribution in [-0.4, -0.2) is 69.6 Å². The molecule has 0 radical (unpaired) electrons. The van der Waals surface area contributed by atoms with Crippen molar-refractivity contribution in [1.29, 1.82) is 0 Å². The van der Waals surface area contributed by atoms with Gasteiger partial charge in [-0.3, -0.25) is 4.79 Å². The van der Waals surface area contributed by atoms with Gasteiger partial charge in [-0.25, -0.2) is 0 Å². The maximum absolute atomic E-state index is 12.5. The van der Waals surface area contributed by atoms with Crippen LogP contribution < -0.4 is 15.5 Å². The Balaban J connectivity index is 1.59. The summed E-state index contributed by atoms with van der Waals surface area (Å²) in [7, 11) is 6.11. The number of aryl methyl sites for hydroxylation is 1. The fourth-order valence-corrected chi connectivity index (χ4v) is 3.97. The molecule has 0 aromatic carbocycles. The summed E-state index contributed by atoms with van der Waals surface area (Å²) in [6, 6.07) is 4.50. The van der Waals surface area contributed by atoms with Gasteiger partial charge < -0.3 is 30.0 Å². The summed E-state index contributed by atoms with van der Waals surface area (Å²) in [5, 5.41) is 7.32. The van der Waals surface area contributed by atoms with E-state index in [9.17, 15) is 4.79 Å². The second kappa shape index (κ2) is 8.58.